The van der Waals surface area contributed by atoms with Gasteiger partial charge < -0.3 is 9.30 Å². The molecule has 27 heavy (non-hydrogen) atoms. The Morgan fingerprint density at radius 2 is 1.85 bits per heavy atom. The van der Waals surface area contributed by atoms with E-state index in [9.17, 15) is 4.79 Å². The van der Waals surface area contributed by atoms with E-state index in [2.05, 4.69) is 59.8 Å². The zero-order chi connectivity index (χ0) is 19.0. The summed E-state index contributed by atoms with van der Waals surface area (Å²) in [6.45, 7) is 4.57. The first-order chi connectivity index (χ1) is 13.0. The molecule has 0 unspecified atom stereocenters. The molecule has 0 saturated carbocycles. The van der Waals surface area contributed by atoms with E-state index in [-0.39, 0.29) is 5.91 Å². The van der Waals surface area contributed by atoms with Gasteiger partial charge in [-0.25, -0.2) is 9.97 Å². The molecule has 4 aromatic rings. The normalized spacial score (nSPS) is 11.1. The van der Waals surface area contributed by atoms with Crippen LogP contribution in [0.3, 0.4) is 0 Å². The number of carbonyl (C=O) groups excluding carboxylic acids is 1. The summed E-state index contributed by atoms with van der Waals surface area (Å²) < 4.78 is 2.08. The number of amides is 1. The van der Waals surface area contributed by atoms with Crippen molar-refractivity contribution in [2.45, 2.75) is 20.4 Å². The molecule has 0 aliphatic rings. The van der Waals surface area contributed by atoms with Crippen molar-refractivity contribution in [2.75, 3.05) is 7.05 Å². The van der Waals surface area contributed by atoms with E-state index in [1.807, 2.05) is 6.07 Å². The average Bonchev–Trinajstić information content (AvgIpc) is 3.30. The van der Waals surface area contributed by atoms with Crippen molar-refractivity contribution in [3.8, 4) is 11.3 Å². The summed E-state index contributed by atoms with van der Waals surface area (Å²) in [5, 5.41) is 1.78. The number of fused-ring (bicyclic) bond motifs is 1. The van der Waals surface area contributed by atoms with Gasteiger partial charge in [0.25, 0.3) is 5.91 Å². The number of benzene rings is 1. The molecule has 4 rings (SSSR count). The highest BCUT2D eigenvalue weighted by Crippen LogP contribution is 2.26. The minimum atomic E-state index is -0.0892. The maximum absolute atomic E-state index is 12.7. The van der Waals surface area contributed by atoms with E-state index in [1.54, 1.807) is 22.8 Å². The van der Waals surface area contributed by atoms with E-state index in [4.69, 9.17) is 4.98 Å². The molecule has 1 aromatic carbocycles. The number of hydrogen-bond acceptors (Lipinski definition) is 4. The molecule has 0 radical (unpaired) electrons. The fourth-order valence-electron chi connectivity index (χ4n) is 3.10. The lowest BCUT2D eigenvalue weighted by Crippen LogP contribution is -2.27. The fraction of sp³-hybridized carbons (Fsp3) is 0.190. The monoisotopic (exact) mass is 376 g/mol. The average molecular weight is 376 g/mol. The number of rotatable bonds is 4. The molecular weight excluding hydrogens is 356 g/mol. The summed E-state index contributed by atoms with van der Waals surface area (Å²) in [5.74, 6) is -0.0892. The second kappa shape index (κ2) is 6.96. The number of aryl methyl sites for hydroxylation is 2. The molecule has 0 saturated heterocycles. The highest BCUT2D eigenvalue weighted by molar-refractivity contribution is 7.07. The van der Waals surface area contributed by atoms with Gasteiger partial charge in [0.15, 0.2) is 0 Å². The Labute approximate surface area is 161 Å². The molecule has 3 aromatic heterocycles. The highest BCUT2D eigenvalue weighted by Gasteiger charge is 2.20. The molecule has 0 spiro atoms. The van der Waals surface area contributed by atoms with Crippen LogP contribution in [0.5, 0.6) is 0 Å². The molecule has 0 aliphatic carbocycles. The third kappa shape index (κ3) is 3.36. The van der Waals surface area contributed by atoms with Gasteiger partial charge >= 0.3 is 0 Å². The Kier molecular flexibility index (Phi) is 4.49. The Bertz CT molecular complexity index is 1100. The molecular formula is C21H20N4OS. The van der Waals surface area contributed by atoms with Crippen LogP contribution in [0.4, 0.5) is 0 Å². The third-order valence-electron chi connectivity index (χ3n) is 4.58. The van der Waals surface area contributed by atoms with Gasteiger partial charge in [-0.2, -0.15) is 0 Å². The lowest BCUT2D eigenvalue weighted by atomic mass is 10.1. The van der Waals surface area contributed by atoms with Gasteiger partial charge in [0.1, 0.15) is 11.3 Å². The molecule has 0 atom stereocenters. The highest BCUT2D eigenvalue weighted by atomic mass is 32.1. The van der Waals surface area contributed by atoms with Gasteiger partial charge in [-0.3, -0.25) is 4.79 Å². The Hall–Kier alpha value is -2.99. The van der Waals surface area contributed by atoms with Crippen molar-refractivity contribution < 1.29 is 4.79 Å². The van der Waals surface area contributed by atoms with Crippen LogP contribution in [0.25, 0.3) is 16.9 Å². The molecule has 0 bridgehead atoms. The van der Waals surface area contributed by atoms with Crippen LogP contribution < -0.4 is 0 Å². The van der Waals surface area contributed by atoms with Gasteiger partial charge in [-0.05, 0) is 25.5 Å². The molecule has 1 amide bonds. The minimum absolute atomic E-state index is 0.0892. The zero-order valence-corrected chi connectivity index (χ0v) is 16.3. The zero-order valence-electron chi connectivity index (χ0n) is 15.5. The first-order valence-electron chi connectivity index (χ1n) is 8.71. The summed E-state index contributed by atoms with van der Waals surface area (Å²) in [5.41, 5.74) is 8.32. The van der Waals surface area contributed by atoms with E-state index in [0.717, 1.165) is 28.2 Å². The number of pyridine rings is 1. The molecule has 0 N–H and O–H groups in total. The number of hydrogen-bond donors (Lipinski definition) is 0. The first-order valence-corrected chi connectivity index (χ1v) is 9.65. The van der Waals surface area contributed by atoms with Gasteiger partial charge in [0.05, 0.1) is 23.4 Å². The Morgan fingerprint density at radius 1 is 1.11 bits per heavy atom. The van der Waals surface area contributed by atoms with Crippen molar-refractivity contribution in [2.24, 2.45) is 0 Å². The summed E-state index contributed by atoms with van der Waals surface area (Å²) >= 11 is 1.42. The molecule has 3 heterocycles. The predicted octanol–water partition coefficient (Wildman–Crippen LogP) is 4.35. The van der Waals surface area contributed by atoms with Crippen LogP contribution in [0, 0.1) is 13.8 Å². The predicted molar refractivity (Wildman–Crippen MR) is 108 cm³/mol. The Morgan fingerprint density at radius 3 is 2.56 bits per heavy atom. The standard InChI is InChI=1S/C21H20N4OS/c1-14-4-7-16(8-5-14)20-18(25-10-15(2)6-9-19(25)23-20)11-24(3)21(26)17-12-27-13-22-17/h4-10,12-13H,11H2,1-3H3. The number of thiazole rings is 1. The summed E-state index contributed by atoms with van der Waals surface area (Å²) in [4.78, 5) is 23.3. The van der Waals surface area contributed by atoms with E-state index < -0.39 is 0 Å². The first kappa shape index (κ1) is 17.4. The van der Waals surface area contributed by atoms with Crippen LogP contribution in [-0.4, -0.2) is 32.2 Å². The number of carbonyl (C=O) groups is 1. The van der Waals surface area contributed by atoms with Gasteiger partial charge in [-0.15, -0.1) is 11.3 Å². The smallest absolute Gasteiger partial charge is 0.273 e. The fourth-order valence-corrected chi connectivity index (χ4v) is 3.63. The SMILES string of the molecule is Cc1ccc(-c2nc3ccc(C)cn3c2CN(C)C(=O)c2cscn2)cc1. The van der Waals surface area contributed by atoms with Gasteiger partial charge in [-0.1, -0.05) is 35.9 Å². The number of nitrogens with zero attached hydrogens (tertiary/aromatic N) is 4. The number of imidazole rings is 1. The van der Waals surface area contributed by atoms with E-state index in [0.29, 0.717) is 12.2 Å². The Balaban J connectivity index is 1.79. The van der Waals surface area contributed by atoms with Gasteiger partial charge in [0, 0.05) is 24.2 Å². The third-order valence-corrected chi connectivity index (χ3v) is 5.16. The quantitative estimate of drug-likeness (QED) is 0.532. The number of aromatic nitrogens is 3. The summed E-state index contributed by atoms with van der Waals surface area (Å²) in [6.07, 6.45) is 2.07. The second-order valence-corrected chi connectivity index (χ2v) is 7.46. The molecule has 6 heteroatoms. The second-order valence-electron chi connectivity index (χ2n) is 6.74. The van der Waals surface area contributed by atoms with Crippen LogP contribution >= 0.6 is 11.3 Å². The minimum Gasteiger partial charge on any atom is -0.334 e. The van der Waals surface area contributed by atoms with Crippen molar-refractivity contribution in [3.63, 3.8) is 0 Å². The van der Waals surface area contributed by atoms with E-state index >= 15 is 0 Å². The van der Waals surface area contributed by atoms with Crippen LogP contribution in [0.15, 0.2) is 53.5 Å². The van der Waals surface area contributed by atoms with Crippen molar-refractivity contribution in [1.29, 1.82) is 0 Å². The molecule has 0 fully saturated rings. The lowest BCUT2D eigenvalue weighted by Gasteiger charge is -2.17. The molecule has 136 valence electrons. The lowest BCUT2D eigenvalue weighted by molar-refractivity contribution is 0.0778. The van der Waals surface area contributed by atoms with Gasteiger partial charge in [0.2, 0.25) is 0 Å². The summed E-state index contributed by atoms with van der Waals surface area (Å²) in [7, 11) is 1.80. The molecule has 5 nitrogen and oxygen atoms in total. The van der Waals surface area contributed by atoms with Crippen LogP contribution in [0.2, 0.25) is 0 Å². The van der Waals surface area contributed by atoms with Crippen molar-refractivity contribution in [3.05, 3.63) is 76.0 Å². The van der Waals surface area contributed by atoms with Crippen LogP contribution in [0.1, 0.15) is 27.3 Å². The van der Waals surface area contributed by atoms with Crippen LogP contribution in [-0.2, 0) is 6.54 Å². The van der Waals surface area contributed by atoms with Crippen molar-refractivity contribution in [1.82, 2.24) is 19.3 Å². The maximum Gasteiger partial charge on any atom is 0.273 e. The summed E-state index contributed by atoms with van der Waals surface area (Å²) in [6, 6.07) is 12.4. The molecule has 0 aliphatic heterocycles. The topological polar surface area (TPSA) is 50.5 Å². The maximum atomic E-state index is 12.7. The largest absolute Gasteiger partial charge is 0.334 e. The van der Waals surface area contributed by atoms with E-state index in [1.165, 1.54) is 16.9 Å². The van der Waals surface area contributed by atoms with Crippen molar-refractivity contribution >= 4 is 22.9 Å².